The molecule has 0 saturated heterocycles. The third kappa shape index (κ3) is 5.90. The van der Waals surface area contributed by atoms with Gasteiger partial charge in [-0.2, -0.15) is 0 Å². The summed E-state index contributed by atoms with van der Waals surface area (Å²) in [6.45, 7) is 3.70. The summed E-state index contributed by atoms with van der Waals surface area (Å²) < 4.78 is 0. The molecule has 2 unspecified atom stereocenters. The Labute approximate surface area is 274 Å². The summed E-state index contributed by atoms with van der Waals surface area (Å²) in [5.74, 6) is 0.152. The van der Waals surface area contributed by atoms with Crippen LogP contribution in [-0.4, -0.2) is 38.6 Å². The van der Waals surface area contributed by atoms with Crippen molar-refractivity contribution in [2.75, 3.05) is 0 Å². The molecule has 2 aliphatic heterocycles. The zero-order valence-corrected chi connectivity index (χ0v) is 27.1. The van der Waals surface area contributed by atoms with Crippen molar-refractivity contribution >= 4 is 69.4 Å². The first-order valence-electron chi connectivity index (χ1n) is 12.3. The van der Waals surface area contributed by atoms with Crippen LogP contribution in [0, 0.1) is 11.8 Å². The Kier molecular flexibility index (Phi) is 9.97. The number of halogens is 4. The third-order valence-corrected chi connectivity index (χ3v) is 8.97. The second-order valence-electron chi connectivity index (χ2n) is 10.6. The number of benzene rings is 2. The van der Waals surface area contributed by atoms with Gasteiger partial charge in [-0.15, -0.1) is 0 Å². The van der Waals surface area contributed by atoms with Crippen molar-refractivity contribution in [3.8, 4) is 0 Å². The molecule has 0 aromatic heterocycles. The van der Waals surface area contributed by atoms with Gasteiger partial charge in [0.2, 0.25) is 0 Å². The Hall–Kier alpha value is -1.42. The Morgan fingerprint density at radius 1 is 0.700 bits per heavy atom. The maximum atomic E-state index is 12.2. The number of amides is 2. The summed E-state index contributed by atoms with van der Waals surface area (Å²) in [6, 6.07) is 9.76. The zero-order valence-electron chi connectivity index (χ0n) is 22.1. The molecule has 40 heavy (non-hydrogen) atoms. The van der Waals surface area contributed by atoms with Crippen molar-refractivity contribution in [2.45, 2.75) is 50.6 Å². The van der Waals surface area contributed by atoms with E-state index in [9.17, 15) is 19.8 Å². The summed E-state index contributed by atoms with van der Waals surface area (Å²) in [6.07, 6.45) is 4.05. The smallest absolute Gasteiger partial charge is 0.870 e. The number of aliphatic hydroxyl groups excluding tert-OH is 2. The Balaban J connectivity index is 0.000000210. The Morgan fingerprint density at radius 3 is 1.32 bits per heavy atom. The molecule has 5 N–H and O–H groups in total. The van der Waals surface area contributed by atoms with E-state index < -0.39 is 11.1 Å². The van der Waals surface area contributed by atoms with Crippen molar-refractivity contribution in [3.05, 3.63) is 79.1 Å². The minimum atomic E-state index is -0.669. The normalized spacial score (nSPS) is 25.4. The van der Waals surface area contributed by atoms with E-state index in [0.29, 0.717) is 43.1 Å². The van der Waals surface area contributed by atoms with Gasteiger partial charge in [0.15, 0.2) is 0 Å². The van der Waals surface area contributed by atoms with Crippen LogP contribution < -0.4 is 40.2 Å². The van der Waals surface area contributed by atoms with Crippen LogP contribution in [0.25, 0.3) is 11.1 Å². The number of aliphatic hydroxyl groups is 2. The second kappa shape index (κ2) is 12.1. The molecule has 2 amide bonds. The average Bonchev–Trinajstić information content (AvgIpc) is 3.76. The van der Waals surface area contributed by atoms with E-state index >= 15 is 0 Å². The van der Waals surface area contributed by atoms with Crippen molar-refractivity contribution in [1.82, 2.24) is 10.6 Å². The minimum absolute atomic E-state index is 0. The van der Waals surface area contributed by atoms with E-state index in [4.69, 9.17) is 46.4 Å². The van der Waals surface area contributed by atoms with Gasteiger partial charge < -0.3 is 26.3 Å². The molecular formula is C28H27Cl4N2NaO5. The summed E-state index contributed by atoms with van der Waals surface area (Å²) in [4.78, 5) is 24.3. The molecule has 2 aliphatic carbocycles. The van der Waals surface area contributed by atoms with Crippen molar-refractivity contribution in [2.24, 2.45) is 11.8 Å². The molecule has 2 aromatic carbocycles. The summed E-state index contributed by atoms with van der Waals surface area (Å²) in [5, 5.41) is 28.4. The van der Waals surface area contributed by atoms with Crippen molar-refractivity contribution in [1.29, 1.82) is 0 Å². The molecule has 2 heterocycles. The minimum Gasteiger partial charge on any atom is -0.870 e. The van der Waals surface area contributed by atoms with Crippen molar-refractivity contribution in [3.63, 3.8) is 0 Å². The van der Waals surface area contributed by atoms with Gasteiger partial charge in [-0.3, -0.25) is 9.59 Å². The van der Waals surface area contributed by atoms with E-state index in [1.165, 1.54) is 0 Å². The second-order valence-corrected chi connectivity index (χ2v) is 12.2. The van der Waals surface area contributed by atoms with Gasteiger partial charge in [0.25, 0.3) is 11.8 Å². The number of nitrogens with one attached hydrogen (secondary N) is 2. The maximum Gasteiger partial charge on any atom is 1.00 e. The van der Waals surface area contributed by atoms with Crippen LogP contribution in [0.1, 0.15) is 50.7 Å². The molecule has 4 aliphatic rings. The van der Waals surface area contributed by atoms with Crippen LogP contribution in [0.5, 0.6) is 0 Å². The number of rotatable bonds is 4. The topological polar surface area (TPSA) is 129 Å². The quantitative estimate of drug-likeness (QED) is 0.378. The molecule has 12 heteroatoms. The number of carbonyl (C=O) groups is 2. The molecule has 2 fully saturated rings. The van der Waals surface area contributed by atoms with Gasteiger partial charge in [-0.1, -0.05) is 46.4 Å². The van der Waals surface area contributed by atoms with Crippen LogP contribution in [0.3, 0.4) is 0 Å². The maximum absolute atomic E-state index is 12.2. The molecule has 7 nitrogen and oxygen atoms in total. The first kappa shape index (κ1) is 33.1. The Morgan fingerprint density at radius 2 is 1.02 bits per heavy atom. The largest absolute Gasteiger partial charge is 1.00 e. The number of carbonyl (C=O) groups excluding carboxylic acids is 2. The fourth-order valence-electron chi connectivity index (χ4n) is 5.24. The fraction of sp³-hybridized carbons (Fsp3) is 0.357. The predicted octanol–water partition coefficient (Wildman–Crippen LogP) is 3.95. The summed E-state index contributed by atoms with van der Waals surface area (Å²) >= 11 is 24.1. The number of hydrogen-bond acceptors (Lipinski definition) is 5. The molecule has 0 spiro atoms. The monoisotopic (exact) mass is 634 g/mol. The van der Waals surface area contributed by atoms with Gasteiger partial charge >= 0.3 is 29.6 Å². The van der Waals surface area contributed by atoms with Crippen molar-refractivity contribution < 1.29 is 54.8 Å². The van der Waals surface area contributed by atoms with E-state index in [1.54, 1.807) is 36.4 Å². The SMILES string of the molecule is CC1(C2CC2)NC(=O)C(c2cc(Cl)ccc2Cl)=C1O.CC1(C2CC2)NC(=O)C(c2cc(Cl)ccc2Cl)=C1O.[Na+].[OH-]. The molecule has 2 atom stereocenters. The van der Waals surface area contributed by atoms with Gasteiger partial charge in [-0.05, 0) is 87.8 Å². The summed E-state index contributed by atoms with van der Waals surface area (Å²) in [7, 11) is 0. The first-order valence-corrected chi connectivity index (χ1v) is 13.8. The average molecular weight is 636 g/mol. The fourth-order valence-corrected chi connectivity index (χ4v) is 6.01. The zero-order chi connectivity index (χ0) is 27.6. The standard InChI is InChI=1S/2C14H13Cl2NO2.Na.H2O/c2*1-14(7-2-3-7)12(18)11(13(19)17-14)9-6-8(15)4-5-10(9)16;;/h2*4-7,18H,2-3H2,1H3,(H,17,19);;1H2/q;;+1;/p-1. The molecule has 0 radical (unpaired) electrons. The van der Waals surface area contributed by atoms with E-state index in [1.807, 2.05) is 13.8 Å². The predicted molar refractivity (Wildman–Crippen MR) is 153 cm³/mol. The van der Waals surface area contributed by atoms with E-state index in [-0.39, 0.29) is 69.5 Å². The van der Waals surface area contributed by atoms with Crippen LogP contribution in [-0.2, 0) is 9.59 Å². The van der Waals surface area contributed by atoms with E-state index in [2.05, 4.69) is 10.6 Å². The molecule has 0 bridgehead atoms. The molecular weight excluding hydrogens is 609 g/mol. The van der Waals surface area contributed by atoms with Crippen LogP contribution >= 0.6 is 46.4 Å². The van der Waals surface area contributed by atoms with E-state index in [0.717, 1.165) is 25.7 Å². The third-order valence-electron chi connectivity index (χ3n) is 7.84. The van der Waals surface area contributed by atoms with Crippen LogP contribution in [0.4, 0.5) is 0 Å². The van der Waals surface area contributed by atoms with Crippen LogP contribution in [0.2, 0.25) is 20.1 Å². The van der Waals surface area contributed by atoms with Crippen LogP contribution in [0.15, 0.2) is 47.9 Å². The van der Waals surface area contributed by atoms with Gasteiger partial charge in [0.1, 0.15) is 11.5 Å². The Bertz CT molecular complexity index is 1330. The molecule has 6 rings (SSSR count). The molecule has 208 valence electrons. The van der Waals surface area contributed by atoms with Gasteiger partial charge in [0, 0.05) is 31.2 Å². The number of hydrogen-bond donors (Lipinski definition) is 4. The van der Waals surface area contributed by atoms with Gasteiger partial charge in [-0.25, -0.2) is 0 Å². The first-order chi connectivity index (χ1) is 17.9. The van der Waals surface area contributed by atoms with Gasteiger partial charge in [0.05, 0.1) is 22.2 Å². The molecule has 2 aromatic rings. The summed E-state index contributed by atoms with van der Waals surface area (Å²) in [5.41, 5.74) is 0.0988. The molecule has 2 saturated carbocycles.